The molecule has 3 amide bonds. The molecule has 11 nitrogen and oxygen atoms in total. The number of hydrogen-bond acceptors (Lipinski definition) is 9. The molecule has 2 N–H and O–H groups in total. The molecular weight excluding hydrogens is 686 g/mol. The minimum absolute atomic E-state index is 0.00830. The van der Waals surface area contributed by atoms with Crippen LogP contribution in [0.5, 0.6) is 0 Å². The maximum atomic E-state index is 13.2. The van der Waals surface area contributed by atoms with E-state index in [1.54, 1.807) is 7.11 Å². The lowest BCUT2D eigenvalue weighted by molar-refractivity contribution is -0.253. The second-order valence-corrected chi connectivity index (χ2v) is 14.2. The fourth-order valence-corrected chi connectivity index (χ4v) is 7.54. The first-order valence-electron chi connectivity index (χ1n) is 18.6. The molecule has 0 aromatic heterocycles. The zero-order valence-electron chi connectivity index (χ0n) is 30.5. The molecule has 282 valence electrons. The van der Waals surface area contributed by atoms with Gasteiger partial charge in [0.2, 0.25) is 5.91 Å². The molecule has 3 heterocycles. The highest BCUT2D eigenvalue weighted by molar-refractivity contribution is 6.06. The van der Waals surface area contributed by atoms with Crippen LogP contribution in [0.2, 0.25) is 0 Å². The highest BCUT2D eigenvalue weighted by Crippen LogP contribution is 2.39. The normalized spacial score (nSPS) is 23.1. The van der Waals surface area contributed by atoms with Gasteiger partial charge in [-0.15, -0.1) is 0 Å². The standard InChI is InChI=1S/C43H47N3O8/c1-51-28-36-11-6-20-45(36)25-37-22-39(33-14-12-29(26-47)13-15-33)54-42(53-37)34-18-16-32(17-19-34)35-10-5-9-31(21-35)24-46-40(48)23-38(41(46)49)44-43(50)52-27-30-7-3-2-4-8-30/h2-5,7-10,12-19,21,36-39,42,47H,6,11,20,22-28H2,1H3,(H,44,50). The van der Waals surface area contributed by atoms with Crippen molar-refractivity contribution in [2.75, 3.05) is 26.8 Å². The van der Waals surface area contributed by atoms with E-state index in [0.29, 0.717) is 19.1 Å². The van der Waals surface area contributed by atoms with Crippen LogP contribution in [0.25, 0.3) is 11.1 Å². The van der Waals surface area contributed by atoms with E-state index in [-0.39, 0.29) is 44.3 Å². The van der Waals surface area contributed by atoms with Crippen LogP contribution in [-0.4, -0.2) is 77.8 Å². The van der Waals surface area contributed by atoms with Crippen LogP contribution in [0, 0.1) is 0 Å². The third kappa shape index (κ3) is 9.06. The molecular formula is C43H47N3O8. The van der Waals surface area contributed by atoms with E-state index in [4.69, 9.17) is 18.9 Å². The lowest BCUT2D eigenvalue weighted by Crippen LogP contribution is -2.42. The van der Waals surface area contributed by atoms with E-state index < -0.39 is 24.3 Å². The number of nitrogens with one attached hydrogen (secondary N) is 1. The van der Waals surface area contributed by atoms with Crippen molar-refractivity contribution >= 4 is 17.9 Å². The van der Waals surface area contributed by atoms with Gasteiger partial charge in [0.25, 0.3) is 5.91 Å². The topological polar surface area (TPSA) is 127 Å². The van der Waals surface area contributed by atoms with Gasteiger partial charge < -0.3 is 29.4 Å². The quantitative estimate of drug-likeness (QED) is 0.158. The van der Waals surface area contributed by atoms with E-state index in [9.17, 15) is 19.5 Å². The van der Waals surface area contributed by atoms with Gasteiger partial charge >= 0.3 is 6.09 Å². The summed E-state index contributed by atoms with van der Waals surface area (Å²) < 4.78 is 24.0. The molecule has 3 saturated heterocycles. The molecule has 0 bridgehead atoms. The maximum Gasteiger partial charge on any atom is 0.408 e. The van der Waals surface area contributed by atoms with E-state index in [1.165, 1.54) is 4.90 Å². The van der Waals surface area contributed by atoms with Crippen LogP contribution in [0.3, 0.4) is 0 Å². The van der Waals surface area contributed by atoms with Crippen LogP contribution in [0.15, 0.2) is 103 Å². The number of carbonyl (C=O) groups excluding carboxylic acids is 3. The molecule has 4 aromatic rings. The van der Waals surface area contributed by atoms with E-state index >= 15 is 0 Å². The molecule has 4 aromatic carbocycles. The molecule has 5 atom stereocenters. The summed E-state index contributed by atoms with van der Waals surface area (Å²) >= 11 is 0. The number of ether oxygens (including phenoxy) is 4. The number of imide groups is 1. The summed E-state index contributed by atoms with van der Waals surface area (Å²) in [5, 5.41) is 12.1. The number of carbonyl (C=O) groups is 3. The summed E-state index contributed by atoms with van der Waals surface area (Å²) in [7, 11) is 1.75. The first-order chi connectivity index (χ1) is 26.4. The average molecular weight is 734 g/mol. The largest absolute Gasteiger partial charge is 0.445 e. The Labute approximate surface area is 315 Å². The van der Waals surface area contributed by atoms with Gasteiger partial charge in [0.05, 0.1) is 38.4 Å². The Morgan fingerprint density at radius 1 is 0.870 bits per heavy atom. The molecule has 0 saturated carbocycles. The number of rotatable bonds is 13. The van der Waals surface area contributed by atoms with E-state index in [1.807, 2.05) is 103 Å². The van der Waals surface area contributed by atoms with Crippen LogP contribution in [0.4, 0.5) is 4.79 Å². The van der Waals surface area contributed by atoms with Gasteiger partial charge in [-0.25, -0.2) is 4.79 Å². The monoisotopic (exact) mass is 733 g/mol. The van der Waals surface area contributed by atoms with E-state index in [0.717, 1.165) is 64.9 Å². The fraction of sp³-hybridized carbons (Fsp3) is 0.372. The van der Waals surface area contributed by atoms with Crippen LogP contribution < -0.4 is 5.32 Å². The second-order valence-electron chi connectivity index (χ2n) is 14.2. The smallest absolute Gasteiger partial charge is 0.408 e. The zero-order valence-corrected chi connectivity index (χ0v) is 30.5. The highest BCUT2D eigenvalue weighted by Gasteiger charge is 2.40. The third-order valence-electron chi connectivity index (χ3n) is 10.4. The molecule has 11 heteroatoms. The summed E-state index contributed by atoms with van der Waals surface area (Å²) in [5.74, 6) is -0.811. The second kappa shape index (κ2) is 17.5. The lowest BCUT2D eigenvalue weighted by atomic mass is 9.98. The van der Waals surface area contributed by atoms with Crippen molar-refractivity contribution in [3.8, 4) is 11.1 Å². The molecule has 5 unspecified atom stereocenters. The third-order valence-corrected chi connectivity index (χ3v) is 10.4. The molecule has 0 spiro atoms. The summed E-state index contributed by atoms with van der Waals surface area (Å²) in [5.41, 5.74) is 6.31. The van der Waals surface area contributed by atoms with Crippen LogP contribution >= 0.6 is 0 Å². The SMILES string of the molecule is COCC1CCCN1CC1CC(c2ccc(CO)cc2)OC(c2ccc(-c3cccc(CN4C(=O)CC(NC(=O)OCc5ccccc5)C4=O)c3)cc2)O1. The number of aliphatic hydroxyl groups excluding tert-OH is 1. The summed E-state index contributed by atoms with van der Waals surface area (Å²) in [6, 6.07) is 32.4. The van der Waals surface area contributed by atoms with Crippen molar-refractivity contribution in [2.24, 2.45) is 0 Å². The Morgan fingerprint density at radius 3 is 2.39 bits per heavy atom. The number of nitrogens with zero attached hydrogens (tertiary/aromatic N) is 2. The summed E-state index contributed by atoms with van der Waals surface area (Å²) in [4.78, 5) is 42.1. The van der Waals surface area contributed by atoms with E-state index in [2.05, 4.69) is 10.2 Å². The first-order valence-corrected chi connectivity index (χ1v) is 18.6. The highest BCUT2D eigenvalue weighted by atomic mass is 16.7. The van der Waals surface area contributed by atoms with Gasteiger partial charge in [-0.05, 0) is 58.8 Å². The maximum absolute atomic E-state index is 13.2. The number of benzene rings is 4. The van der Waals surface area contributed by atoms with Crippen LogP contribution in [0.1, 0.15) is 65.9 Å². The summed E-state index contributed by atoms with van der Waals surface area (Å²) in [6.07, 6.45) is 1.32. The molecule has 3 aliphatic heterocycles. The van der Waals surface area contributed by atoms with Gasteiger partial charge in [0, 0.05) is 31.7 Å². The van der Waals surface area contributed by atoms with Crippen LogP contribution in [-0.2, 0) is 48.3 Å². The molecule has 7 rings (SSSR count). The van der Waals surface area contributed by atoms with Gasteiger partial charge in [0.1, 0.15) is 12.6 Å². The lowest BCUT2D eigenvalue weighted by Gasteiger charge is -2.38. The van der Waals surface area contributed by atoms with Crippen molar-refractivity contribution in [2.45, 2.75) is 76.0 Å². The Kier molecular flexibility index (Phi) is 12.1. The van der Waals surface area contributed by atoms with Crippen molar-refractivity contribution in [3.63, 3.8) is 0 Å². The zero-order chi connectivity index (χ0) is 37.4. The van der Waals surface area contributed by atoms with Gasteiger partial charge in [-0.2, -0.15) is 0 Å². The number of likely N-dealkylation sites (tertiary alicyclic amines) is 2. The van der Waals surface area contributed by atoms with Crippen molar-refractivity contribution in [1.29, 1.82) is 0 Å². The molecule has 54 heavy (non-hydrogen) atoms. The average Bonchev–Trinajstić information content (AvgIpc) is 3.75. The van der Waals surface area contributed by atoms with Crippen molar-refractivity contribution in [3.05, 3.63) is 131 Å². The Hall–Kier alpha value is -4.91. The van der Waals surface area contributed by atoms with Crippen molar-refractivity contribution < 1.29 is 38.4 Å². The molecule has 3 fully saturated rings. The molecule has 3 aliphatic rings. The van der Waals surface area contributed by atoms with Gasteiger partial charge in [-0.3, -0.25) is 19.4 Å². The number of hydrogen-bond donors (Lipinski definition) is 2. The fourth-order valence-electron chi connectivity index (χ4n) is 7.54. The number of methoxy groups -OCH3 is 1. The minimum atomic E-state index is -0.970. The number of amides is 3. The number of alkyl carbamates (subject to hydrolysis) is 1. The predicted octanol–water partition coefficient (Wildman–Crippen LogP) is 6.06. The van der Waals surface area contributed by atoms with Gasteiger partial charge in [0.15, 0.2) is 6.29 Å². The summed E-state index contributed by atoms with van der Waals surface area (Å²) in [6.45, 7) is 2.66. The minimum Gasteiger partial charge on any atom is -0.445 e. The first kappa shape index (κ1) is 37.4. The Morgan fingerprint density at radius 2 is 1.63 bits per heavy atom. The van der Waals surface area contributed by atoms with Gasteiger partial charge in [-0.1, -0.05) is 97.1 Å². The number of aliphatic hydroxyl groups is 1. The Balaban J connectivity index is 1.00. The van der Waals surface area contributed by atoms with Crippen molar-refractivity contribution in [1.82, 2.24) is 15.1 Å². The molecule has 0 aliphatic carbocycles. The molecule has 0 radical (unpaired) electrons. The Bertz CT molecular complexity index is 1890. The predicted molar refractivity (Wildman–Crippen MR) is 200 cm³/mol.